The molecule has 0 bridgehead atoms. The van der Waals surface area contributed by atoms with E-state index in [1.165, 1.54) is 0 Å². The summed E-state index contributed by atoms with van der Waals surface area (Å²) in [5, 5.41) is 13.4. The van der Waals surface area contributed by atoms with Crippen LogP contribution in [0, 0.1) is 6.92 Å². The fourth-order valence-corrected chi connectivity index (χ4v) is 3.30. The standard InChI is InChI=1S/C16H20N2O3/c1-11-5-7-12(8-6-11)13(19)18-14(20)16(17-15(18)21)9-3-2-4-10-16/h5-8,14,20H,2-4,9-10H2,1H3,(H,17,21). The van der Waals surface area contributed by atoms with E-state index in [1.54, 1.807) is 12.1 Å². The largest absolute Gasteiger partial charge is 0.370 e. The molecule has 1 aromatic rings. The molecule has 21 heavy (non-hydrogen) atoms. The Morgan fingerprint density at radius 1 is 1.24 bits per heavy atom. The number of carbonyl (C=O) groups is 2. The Balaban J connectivity index is 1.86. The number of amides is 3. The number of imide groups is 1. The first-order chi connectivity index (χ1) is 10.0. The number of nitrogens with zero attached hydrogens (tertiary/aromatic N) is 1. The smallest absolute Gasteiger partial charge is 0.327 e. The molecule has 1 unspecified atom stereocenters. The lowest BCUT2D eigenvalue weighted by molar-refractivity contribution is -0.00674. The van der Waals surface area contributed by atoms with Crippen molar-refractivity contribution in [1.29, 1.82) is 0 Å². The van der Waals surface area contributed by atoms with Crippen LogP contribution in [0.2, 0.25) is 0 Å². The van der Waals surface area contributed by atoms with Crippen LogP contribution in [0.3, 0.4) is 0 Å². The number of rotatable bonds is 1. The number of nitrogens with one attached hydrogen (secondary N) is 1. The maximum Gasteiger partial charge on any atom is 0.327 e. The molecule has 1 atom stereocenters. The molecule has 1 aliphatic carbocycles. The number of aliphatic hydroxyl groups is 1. The number of urea groups is 1. The maximum absolute atomic E-state index is 12.5. The number of carbonyl (C=O) groups excluding carboxylic acids is 2. The number of hydrogen-bond donors (Lipinski definition) is 2. The summed E-state index contributed by atoms with van der Waals surface area (Å²) in [6.45, 7) is 1.93. The summed E-state index contributed by atoms with van der Waals surface area (Å²) in [5.41, 5.74) is 0.805. The van der Waals surface area contributed by atoms with Gasteiger partial charge in [0.1, 0.15) is 0 Å². The lowest BCUT2D eigenvalue weighted by Crippen LogP contribution is -2.51. The quantitative estimate of drug-likeness (QED) is 0.832. The molecule has 3 amide bonds. The normalized spacial score (nSPS) is 24.2. The molecule has 2 fully saturated rings. The van der Waals surface area contributed by atoms with Gasteiger partial charge in [0, 0.05) is 5.56 Å². The lowest BCUT2D eigenvalue weighted by atomic mass is 9.81. The first kappa shape index (κ1) is 14.1. The van der Waals surface area contributed by atoms with Gasteiger partial charge < -0.3 is 10.4 Å². The van der Waals surface area contributed by atoms with Crippen LogP contribution in [-0.4, -0.2) is 33.7 Å². The highest BCUT2D eigenvalue weighted by Gasteiger charge is 2.53. The summed E-state index contributed by atoms with van der Waals surface area (Å²) in [6.07, 6.45) is 3.39. The molecule has 2 aliphatic rings. The molecule has 1 saturated heterocycles. The van der Waals surface area contributed by atoms with Crippen molar-refractivity contribution in [2.75, 3.05) is 0 Å². The first-order valence-corrected chi connectivity index (χ1v) is 7.44. The molecule has 1 aromatic carbocycles. The topological polar surface area (TPSA) is 69.6 Å². The monoisotopic (exact) mass is 288 g/mol. The molecule has 0 aromatic heterocycles. The summed E-state index contributed by atoms with van der Waals surface area (Å²) in [4.78, 5) is 25.7. The summed E-state index contributed by atoms with van der Waals surface area (Å²) < 4.78 is 0. The molecule has 1 saturated carbocycles. The van der Waals surface area contributed by atoms with Gasteiger partial charge in [0.2, 0.25) is 0 Å². The molecule has 112 valence electrons. The van der Waals surface area contributed by atoms with Crippen LogP contribution >= 0.6 is 0 Å². The van der Waals surface area contributed by atoms with Crippen LogP contribution in [0.4, 0.5) is 4.79 Å². The summed E-state index contributed by atoms with van der Waals surface area (Å²) in [6, 6.07) is 6.52. The number of aliphatic hydroxyl groups excluding tert-OH is 1. The van der Waals surface area contributed by atoms with E-state index in [0.29, 0.717) is 5.56 Å². The summed E-state index contributed by atoms with van der Waals surface area (Å²) in [5.74, 6) is -0.442. The van der Waals surface area contributed by atoms with E-state index in [2.05, 4.69) is 5.32 Å². The SMILES string of the molecule is Cc1ccc(C(=O)N2C(=O)NC3(CCCCC3)C2O)cc1. The van der Waals surface area contributed by atoms with E-state index in [0.717, 1.165) is 42.6 Å². The van der Waals surface area contributed by atoms with E-state index in [4.69, 9.17) is 0 Å². The van der Waals surface area contributed by atoms with E-state index >= 15 is 0 Å². The Kier molecular flexibility index (Phi) is 3.45. The molecular weight excluding hydrogens is 268 g/mol. The second-order valence-corrected chi connectivity index (χ2v) is 6.06. The van der Waals surface area contributed by atoms with Crippen molar-refractivity contribution < 1.29 is 14.7 Å². The van der Waals surface area contributed by atoms with Crippen LogP contribution in [0.5, 0.6) is 0 Å². The van der Waals surface area contributed by atoms with Crippen LogP contribution in [-0.2, 0) is 0 Å². The Morgan fingerprint density at radius 2 is 1.86 bits per heavy atom. The van der Waals surface area contributed by atoms with Gasteiger partial charge in [-0.2, -0.15) is 0 Å². The van der Waals surface area contributed by atoms with Crippen molar-refractivity contribution >= 4 is 11.9 Å². The summed E-state index contributed by atoms with van der Waals surface area (Å²) >= 11 is 0. The zero-order valence-corrected chi connectivity index (χ0v) is 12.1. The number of aryl methyl sites for hydroxylation is 1. The predicted octanol–water partition coefficient (Wildman–Crippen LogP) is 2.18. The Morgan fingerprint density at radius 3 is 2.48 bits per heavy atom. The molecule has 3 rings (SSSR count). The third-order valence-electron chi connectivity index (χ3n) is 4.58. The number of hydrogen-bond acceptors (Lipinski definition) is 3. The van der Waals surface area contributed by atoms with Crippen molar-refractivity contribution in [1.82, 2.24) is 10.2 Å². The van der Waals surface area contributed by atoms with Crippen molar-refractivity contribution in [2.24, 2.45) is 0 Å². The fraction of sp³-hybridized carbons (Fsp3) is 0.500. The molecule has 1 aliphatic heterocycles. The predicted molar refractivity (Wildman–Crippen MR) is 77.7 cm³/mol. The highest BCUT2D eigenvalue weighted by Crippen LogP contribution is 2.36. The van der Waals surface area contributed by atoms with Crippen LogP contribution < -0.4 is 5.32 Å². The van der Waals surface area contributed by atoms with Gasteiger partial charge in [-0.15, -0.1) is 0 Å². The zero-order chi connectivity index (χ0) is 15.0. The van der Waals surface area contributed by atoms with Gasteiger partial charge in [-0.25, -0.2) is 9.69 Å². The minimum atomic E-state index is -1.08. The summed E-state index contributed by atoms with van der Waals surface area (Å²) in [7, 11) is 0. The van der Waals surface area contributed by atoms with Crippen LogP contribution in [0.25, 0.3) is 0 Å². The van der Waals surface area contributed by atoms with Gasteiger partial charge in [0.15, 0.2) is 6.23 Å². The van der Waals surface area contributed by atoms with Gasteiger partial charge in [-0.1, -0.05) is 37.0 Å². The zero-order valence-electron chi connectivity index (χ0n) is 12.1. The van der Waals surface area contributed by atoms with Gasteiger partial charge in [0.25, 0.3) is 5.91 Å². The molecular formula is C16H20N2O3. The van der Waals surface area contributed by atoms with Crippen LogP contribution in [0.1, 0.15) is 48.0 Å². The van der Waals surface area contributed by atoms with E-state index < -0.39 is 23.7 Å². The molecule has 2 N–H and O–H groups in total. The lowest BCUT2D eigenvalue weighted by Gasteiger charge is -2.36. The van der Waals surface area contributed by atoms with Gasteiger partial charge >= 0.3 is 6.03 Å². The Hall–Kier alpha value is -1.88. The third-order valence-corrected chi connectivity index (χ3v) is 4.58. The minimum absolute atomic E-state index is 0.419. The van der Waals surface area contributed by atoms with E-state index in [9.17, 15) is 14.7 Å². The highest BCUT2D eigenvalue weighted by atomic mass is 16.3. The van der Waals surface area contributed by atoms with Crippen molar-refractivity contribution in [3.63, 3.8) is 0 Å². The third kappa shape index (κ3) is 2.31. The highest BCUT2D eigenvalue weighted by molar-refractivity contribution is 6.05. The van der Waals surface area contributed by atoms with Crippen molar-refractivity contribution in [2.45, 2.75) is 50.8 Å². The van der Waals surface area contributed by atoms with Gasteiger partial charge in [0.05, 0.1) is 5.54 Å². The first-order valence-electron chi connectivity index (χ1n) is 7.44. The molecule has 5 heteroatoms. The molecule has 1 spiro atoms. The second kappa shape index (κ2) is 5.15. The Labute approximate surface area is 123 Å². The molecule has 1 heterocycles. The molecule has 5 nitrogen and oxygen atoms in total. The molecule has 0 radical (unpaired) electrons. The van der Waals surface area contributed by atoms with Gasteiger partial charge in [-0.05, 0) is 31.9 Å². The fourth-order valence-electron chi connectivity index (χ4n) is 3.30. The average Bonchev–Trinajstić information content (AvgIpc) is 2.71. The second-order valence-electron chi connectivity index (χ2n) is 6.06. The average molecular weight is 288 g/mol. The van der Waals surface area contributed by atoms with Crippen molar-refractivity contribution in [3.05, 3.63) is 35.4 Å². The number of benzene rings is 1. The van der Waals surface area contributed by atoms with Crippen molar-refractivity contribution in [3.8, 4) is 0 Å². The van der Waals surface area contributed by atoms with Gasteiger partial charge in [-0.3, -0.25) is 4.79 Å². The minimum Gasteiger partial charge on any atom is -0.370 e. The van der Waals surface area contributed by atoms with Crippen LogP contribution in [0.15, 0.2) is 24.3 Å². The van der Waals surface area contributed by atoms with E-state index in [-0.39, 0.29) is 0 Å². The van der Waals surface area contributed by atoms with E-state index in [1.807, 2.05) is 19.1 Å². The Bertz CT molecular complexity index is 561. The maximum atomic E-state index is 12.5.